The Morgan fingerprint density at radius 3 is 2.65 bits per heavy atom. The van der Waals surface area contributed by atoms with E-state index < -0.39 is 4.92 Å². The Labute approximate surface area is 218 Å². The van der Waals surface area contributed by atoms with Crippen LogP contribution in [-0.4, -0.2) is 67.5 Å². The van der Waals surface area contributed by atoms with Crippen molar-refractivity contribution in [2.75, 3.05) is 51.7 Å². The maximum atomic E-state index is 13.8. The lowest BCUT2D eigenvalue weighted by Gasteiger charge is -2.17. The molecule has 37 heavy (non-hydrogen) atoms. The molecule has 0 spiro atoms. The van der Waals surface area contributed by atoms with E-state index in [1.54, 1.807) is 36.3 Å². The van der Waals surface area contributed by atoms with Gasteiger partial charge >= 0.3 is 0 Å². The third-order valence-electron chi connectivity index (χ3n) is 6.70. The highest BCUT2D eigenvalue weighted by atomic mass is 35.5. The van der Waals surface area contributed by atoms with E-state index in [9.17, 15) is 14.9 Å². The fourth-order valence-electron chi connectivity index (χ4n) is 4.91. The van der Waals surface area contributed by atoms with Crippen molar-refractivity contribution in [2.45, 2.75) is 5.92 Å². The first-order chi connectivity index (χ1) is 17.8. The van der Waals surface area contributed by atoms with Gasteiger partial charge in [0.15, 0.2) is 0 Å². The van der Waals surface area contributed by atoms with Gasteiger partial charge in [-0.05, 0) is 43.2 Å². The number of carbonyl (C=O) groups is 1. The lowest BCUT2D eigenvalue weighted by atomic mass is 9.95. The second kappa shape index (κ2) is 9.91. The Kier molecular flexibility index (Phi) is 6.66. The molecule has 192 valence electrons. The molecule has 0 aliphatic carbocycles. The van der Waals surface area contributed by atoms with Crippen molar-refractivity contribution in [1.29, 1.82) is 0 Å². The zero-order chi connectivity index (χ0) is 26.3. The first-order valence-corrected chi connectivity index (χ1v) is 12.4. The van der Waals surface area contributed by atoms with Crippen molar-refractivity contribution in [3.8, 4) is 11.5 Å². The minimum Gasteiger partial charge on any atom is -0.497 e. The third-order valence-corrected chi connectivity index (χ3v) is 7.07. The second-order valence-corrected chi connectivity index (χ2v) is 9.63. The van der Waals surface area contributed by atoms with Crippen LogP contribution in [0.1, 0.15) is 22.0 Å². The van der Waals surface area contributed by atoms with Crippen LogP contribution in [0.15, 0.2) is 48.5 Å². The fourth-order valence-corrected chi connectivity index (χ4v) is 5.16. The van der Waals surface area contributed by atoms with Crippen LogP contribution in [0.2, 0.25) is 0 Å². The molecule has 1 amide bonds. The predicted molar refractivity (Wildman–Crippen MR) is 145 cm³/mol. The van der Waals surface area contributed by atoms with E-state index >= 15 is 0 Å². The number of hydrogen-bond acceptors (Lipinski definition) is 6. The summed E-state index contributed by atoms with van der Waals surface area (Å²) < 4.78 is 11.4. The standard InChI is InChI=1S/C27H27ClN4O5/c1-30(2)8-9-37-24-12-18(36-3)10-16-11-21(29-26(16)24)27(33)31-15-17(14-28)25-20-7-5-4-6-19(20)22(32(34)35)13-23(25)31/h4-7,10-13,17,29H,8-9,14-15H2,1-3H3. The summed E-state index contributed by atoms with van der Waals surface area (Å²) in [6.07, 6.45) is 0. The number of benzene rings is 3. The monoisotopic (exact) mass is 522 g/mol. The summed E-state index contributed by atoms with van der Waals surface area (Å²) in [5.74, 6) is 1.03. The van der Waals surface area contributed by atoms with Crippen LogP contribution in [0.5, 0.6) is 11.5 Å². The number of nitrogens with zero attached hydrogens (tertiary/aromatic N) is 3. The van der Waals surface area contributed by atoms with Crippen molar-refractivity contribution in [1.82, 2.24) is 9.88 Å². The lowest BCUT2D eigenvalue weighted by molar-refractivity contribution is -0.383. The maximum absolute atomic E-state index is 13.8. The summed E-state index contributed by atoms with van der Waals surface area (Å²) >= 11 is 6.33. The number of methoxy groups -OCH3 is 1. The zero-order valence-corrected chi connectivity index (χ0v) is 21.5. The van der Waals surface area contributed by atoms with Gasteiger partial charge in [-0.1, -0.05) is 18.2 Å². The molecule has 1 atom stereocenters. The van der Waals surface area contributed by atoms with Crippen LogP contribution < -0.4 is 14.4 Å². The van der Waals surface area contributed by atoms with Crippen molar-refractivity contribution < 1.29 is 19.2 Å². The summed E-state index contributed by atoms with van der Waals surface area (Å²) in [5, 5.41) is 13.9. The normalized spacial score (nSPS) is 14.9. The Balaban J connectivity index is 1.58. The number of fused-ring (bicyclic) bond motifs is 4. The van der Waals surface area contributed by atoms with Crippen molar-refractivity contribution in [3.63, 3.8) is 0 Å². The van der Waals surface area contributed by atoms with Crippen LogP contribution >= 0.6 is 11.6 Å². The molecule has 3 aromatic carbocycles. The first-order valence-electron chi connectivity index (χ1n) is 11.9. The molecule has 9 nitrogen and oxygen atoms in total. The number of aromatic nitrogens is 1. The van der Waals surface area contributed by atoms with E-state index in [1.165, 1.54) is 6.07 Å². The Bertz CT molecular complexity index is 1520. The molecule has 1 aliphatic rings. The number of nitro benzene ring substituents is 1. The van der Waals surface area contributed by atoms with Crippen LogP contribution in [0, 0.1) is 10.1 Å². The van der Waals surface area contributed by atoms with Crippen molar-refractivity contribution in [3.05, 3.63) is 69.9 Å². The molecule has 1 N–H and O–H groups in total. The number of nitro groups is 1. The quantitative estimate of drug-likeness (QED) is 0.195. The number of carbonyl (C=O) groups excluding carboxylic acids is 1. The average Bonchev–Trinajstić information content (AvgIpc) is 3.49. The number of likely N-dealkylation sites (N-methyl/N-ethyl adjacent to an activating group) is 1. The Hall–Kier alpha value is -3.82. The Morgan fingerprint density at radius 2 is 1.97 bits per heavy atom. The molecule has 10 heteroatoms. The largest absolute Gasteiger partial charge is 0.497 e. The molecule has 1 unspecified atom stereocenters. The molecular weight excluding hydrogens is 496 g/mol. The van der Waals surface area contributed by atoms with Gasteiger partial charge in [0.25, 0.3) is 11.6 Å². The lowest BCUT2D eigenvalue weighted by Crippen LogP contribution is -2.30. The first kappa shape index (κ1) is 24.9. The number of hydrogen-bond donors (Lipinski definition) is 1. The van der Waals surface area contributed by atoms with Gasteiger partial charge in [-0.25, -0.2) is 0 Å². The zero-order valence-electron chi connectivity index (χ0n) is 20.8. The minimum absolute atomic E-state index is 0.0414. The van der Waals surface area contributed by atoms with Gasteiger partial charge in [0.2, 0.25) is 0 Å². The summed E-state index contributed by atoms with van der Waals surface area (Å²) in [6.45, 7) is 1.52. The molecule has 0 bridgehead atoms. The SMILES string of the molecule is COc1cc(OCCN(C)C)c2[nH]c(C(=O)N3CC(CCl)c4c3cc([N+](=O)[O-])c3ccccc43)cc2c1. The van der Waals surface area contributed by atoms with Crippen LogP contribution in [0.3, 0.4) is 0 Å². The molecule has 0 saturated heterocycles. The molecule has 2 heterocycles. The number of non-ortho nitro benzene ring substituents is 1. The number of ether oxygens (including phenoxy) is 2. The van der Waals surface area contributed by atoms with E-state index in [-0.39, 0.29) is 23.4 Å². The molecule has 0 fully saturated rings. The van der Waals surface area contributed by atoms with E-state index in [2.05, 4.69) is 4.98 Å². The van der Waals surface area contributed by atoms with Crippen molar-refractivity contribution in [2.24, 2.45) is 0 Å². The third kappa shape index (κ3) is 4.45. The summed E-state index contributed by atoms with van der Waals surface area (Å²) in [6, 6.07) is 14.0. The highest BCUT2D eigenvalue weighted by molar-refractivity contribution is 6.19. The van der Waals surface area contributed by atoms with Crippen LogP contribution in [0.4, 0.5) is 11.4 Å². The topological polar surface area (TPSA) is 101 Å². The number of aromatic amines is 1. The molecule has 0 radical (unpaired) electrons. The smallest absolute Gasteiger partial charge is 0.279 e. The average molecular weight is 523 g/mol. The minimum atomic E-state index is -0.411. The number of H-pyrrole nitrogens is 1. The number of anilines is 1. The molecule has 5 rings (SSSR count). The van der Waals surface area contributed by atoms with Gasteiger partial charge in [0, 0.05) is 42.4 Å². The molecule has 4 aromatic rings. The van der Waals surface area contributed by atoms with Crippen LogP contribution in [0.25, 0.3) is 21.7 Å². The number of rotatable bonds is 8. The summed E-state index contributed by atoms with van der Waals surface area (Å²) in [5.41, 5.74) is 2.36. The summed E-state index contributed by atoms with van der Waals surface area (Å²) in [7, 11) is 5.51. The summed E-state index contributed by atoms with van der Waals surface area (Å²) in [4.78, 5) is 32.1. The molecule has 0 saturated carbocycles. The highest BCUT2D eigenvalue weighted by Gasteiger charge is 2.37. The van der Waals surface area contributed by atoms with Gasteiger partial charge in [0.1, 0.15) is 23.8 Å². The number of amides is 1. The molecular formula is C27H27ClN4O5. The predicted octanol–water partition coefficient (Wildman–Crippen LogP) is 5.16. The van der Waals surface area contributed by atoms with Gasteiger partial charge < -0.3 is 24.3 Å². The van der Waals surface area contributed by atoms with Gasteiger partial charge in [-0.15, -0.1) is 11.6 Å². The van der Waals surface area contributed by atoms with E-state index in [0.717, 1.165) is 22.9 Å². The second-order valence-electron chi connectivity index (χ2n) is 9.32. The fraction of sp³-hybridized carbons (Fsp3) is 0.296. The Morgan fingerprint density at radius 1 is 1.22 bits per heavy atom. The number of halogens is 1. The van der Waals surface area contributed by atoms with E-state index in [1.807, 2.05) is 37.2 Å². The van der Waals surface area contributed by atoms with Gasteiger partial charge in [0.05, 0.1) is 28.6 Å². The molecule has 1 aliphatic heterocycles. The van der Waals surface area contributed by atoms with Gasteiger partial charge in [-0.3, -0.25) is 14.9 Å². The highest BCUT2D eigenvalue weighted by Crippen LogP contribution is 2.46. The number of alkyl halides is 1. The van der Waals surface area contributed by atoms with Crippen LogP contribution in [-0.2, 0) is 0 Å². The maximum Gasteiger partial charge on any atom is 0.279 e. The number of nitrogens with one attached hydrogen (secondary N) is 1. The van der Waals surface area contributed by atoms with E-state index in [4.69, 9.17) is 21.1 Å². The molecule has 1 aromatic heterocycles. The van der Waals surface area contributed by atoms with Crippen molar-refractivity contribution >= 4 is 50.6 Å². The van der Waals surface area contributed by atoms with E-state index in [0.29, 0.717) is 46.9 Å². The van der Waals surface area contributed by atoms with Gasteiger partial charge in [-0.2, -0.15) is 0 Å².